The summed E-state index contributed by atoms with van der Waals surface area (Å²) in [5, 5.41) is 0. The Hall–Kier alpha value is -1.64. The summed E-state index contributed by atoms with van der Waals surface area (Å²) in [6.07, 6.45) is 1.40. The molecule has 0 bridgehead atoms. The summed E-state index contributed by atoms with van der Waals surface area (Å²) >= 11 is 0. The molecule has 0 aliphatic heterocycles. The Kier molecular flexibility index (Phi) is 2.31. The monoisotopic (exact) mass is 204 g/mol. The van der Waals surface area contributed by atoms with Gasteiger partial charge in [-0.25, -0.2) is 0 Å². The van der Waals surface area contributed by atoms with Crippen LogP contribution in [-0.4, -0.2) is 19.4 Å². The van der Waals surface area contributed by atoms with Gasteiger partial charge >= 0.3 is 5.97 Å². The number of aldehydes is 1. The van der Waals surface area contributed by atoms with Crippen molar-refractivity contribution in [1.29, 1.82) is 0 Å². The Bertz CT molecular complexity index is 385. The largest absolute Gasteiger partial charge is 0.468 e. The molecule has 2 atom stereocenters. The van der Waals surface area contributed by atoms with Crippen LogP contribution in [0.4, 0.5) is 0 Å². The van der Waals surface area contributed by atoms with E-state index in [9.17, 15) is 9.59 Å². The van der Waals surface area contributed by atoms with E-state index in [-0.39, 0.29) is 11.9 Å². The first-order chi connectivity index (χ1) is 7.25. The van der Waals surface area contributed by atoms with Gasteiger partial charge in [0.05, 0.1) is 7.11 Å². The van der Waals surface area contributed by atoms with E-state index in [1.54, 1.807) is 0 Å². The first kappa shape index (κ1) is 9.90. The van der Waals surface area contributed by atoms with Crippen molar-refractivity contribution in [3.8, 4) is 0 Å². The minimum atomic E-state index is -0.711. The number of carbonyl (C=O) groups is 2. The lowest BCUT2D eigenvalue weighted by molar-refractivity contribution is -0.144. The lowest BCUT2D eigenvalue weighted by Gasteiger charge is -2.13. The van der Waals surface area contributed by atoms with Gasteiger partial charge in [-0.05, 0) is 12.0 Å². The maximum Gasteiger partial charge on any atom is 0.317 e. The van der Waals surface area contributed by atoms with Crippen molar-refractivity contribution in [1.82, 2.24) is 0 Å². The molecule has 1 aliphatic rings. The Balaban J connectivity index is 2.38. The van der Waals surface area contributed by atoms with E-state index in [2.05, 4.69) is 0 Å². The molecule has 2 rings (SSSR count). The summed E-state index contributed by atoms with van der Waals surface area (Å²) in [5.41, 5.74) is 0.159. The Morgan fingerprint density at radius 3 is 2.60 bits per heavy atom. The Morgan fingerprint density at radius 1 is 1.47 bits per heavy atom. The molecule has 0 amide bonds. The van der Waals surface area contributed by atoms with Gasteiger partial charge in [-0.15, -0.1) is 0 Å². The molecule has 2 unspecified atom stereocenters. The van der Waals surface area contributed by atoms with Crippen LogP contribution in [0.25, 0.3) is 0 Å². The average Bonchev–Trinajstić information content (AvgIpc) is 3.05. The van der Waals surface area contributed by atoms with Crippen molar-refractivity contribution in [3.05, 3.63) is 35.9 Å². The standard InChI is InChI=1S/C12H12O3/c1-15-11(14)12(7-10(12)8-13)9-5-3-2-4-6-9/h2-6,8,10H,7H2,1H3. The molecule has 0 N–H and O–H groups in total. The smallest absolute Gasteiger partial charge is 0.317 e. The molecule has 3 heteroatoms. The number of esters is 1. The summed E-state index contributed by atoms with van der Waals surface area (Å²) < 4.78 is 4.77. The van der Waals surface area contributed by atoms with Crippen molar-refractivity contribution < 1.29 is 14.3 Å². The van der Waals surface area contributed by atoms with Gasteiger partial charge in [0.25, 0.3) is 0 Å². The molecule has 0 radical (unpaired) electrons. The second-order valence-electron chi connectivity index (χ2n) is 3.78. The maximum atomic E-state index is 11.7. The summed E-state index contributed by atoms with van der Waals surface area (Å²) in [6.45, 7) is 0. The quantitative estimate of drug-likeness (QED) is 0.551. The molecule has 78 valence electrons. The van der Waals surface area contributed by atoms with Crippen molar-refractivity contribution in [2.45, 2.75) is 11.8 Å². The van der Waals surface area contributed by atoms with Crippen LogP contribution in [-0.2, 0) is 19.7 Å². The summed E-state index contributed by atoms with van der Waals surface area (Å²) in [5.74, 6) is -0.543. The summed E-state index contributed by atoms with van der Waals surface area (Å²) in [7, 11) is 1.35. The molecule has 0 aromatic heterocycles. The molecule has 0 heterocycles. The zero-order valence-electron chi connectivity index (χ0n) is 8.47. The highest BCUT2D eigenvalue weighted by Crippen LogP contribution is 2.53. The van der Waals surface area contributed by atoms with Crippen molar-refractivity contribution in [2.24, 2.45) is 5.92 Å². The van der Waals surface area contributed by atoms with Crippen LogP contribution in [0.15, 0.2) is 30.3 Å². The van der Waals surface area contributed by atoms with E-state index in [1.165, 1.54) is 7.11 Å². The van der Waals surface area contributed by atoms with Gasteiger partial charge in [0.2, 0.25) is 0 Å². The molecule has 3 nitrogen and oxygen atoms in total. The number of hydrogen-bond acceptors (Lipinski definition) is 3. The zero-order chi connectivity index (χ0) is 10.9. The van der Waals surface area contributed by atoms with E-state index in [0.717, 1.165) is 11.8 Å². The van der Waals surface area contributed by atoms with E-state index in [4.69, 9.17) is 4.74 Å². The normalized spacial score (nSPS) is 28.2. The number of benzene rings is 1. The highest BCUT2D eigenvalue weighted by Gasteiger charge is 2.62. The third kappa shape index (κ3) is 1.35. The third-order valence-corrected chi connectivity index (χ3v) is 3.02. The second kappa shape index (κ2) is 3.50. The van der Waals surface area contributed by atoms with Gasteiger partial charge < -0.3 is 9.53 Å². The van der Waals surface area contributed by atoms with Crippen LogP contribution in [0.1, 0.15) is 12.0 Å². The van der Waals surface area contributed by atoms with Crippen LogP contribution in [0.3, 0.4) is 0 Å². The molecule has 0 spiro atoms. The van der Waals surface area contributed by atoms with Gasteiger partial charge in [0.1, 0.15) is 11.7 Å². The second-order valence-corrected chi connectivity index (χ2v) is 3.78. The topological polar surface area (TPSA) is 43.4 Å². The fourth-order valence-corrected chi connectivity index (χ4v) is 2.05. The highest BCUT2D eigenvalue weighted by molar-refractivity contribution is 5.92. The van der Waals surface area contributed by atoms with Crippen molar-refractivity contribution in [2.75, 3.05) is 7.11 Å². The number of carbonyl (C=O) groups excluding carboxylic acids is 2. The fraction of sp³-hybridized carbons (Fsp3) is 0.333. The van der Waals surface area contributed by atoms with Gasteiger partial charge in [0.15, 0.2) is 0 Å². The summed E-state index contributed by atoms with van der Waals surface area (Å²) in [6, 6.07) is 9.33. The van der Waals surface area contributed by atoms with E-state index < -0.39 is 5.41 Å². The van der Waals surface area contributed by atoms with Crippen LogP contribution in [0.5, 0.6) is 0 Å². The van der Waals surface area contributed by atoms with Gasteiger partial charge in [-0.1, -0.05) is 30.3 Å². The molecule has 1 saturated carbocycles. The highest BCUT2D eigenvalue weighted by atomic mass is 16.5. The number of ether oxygens (including phenoxy) is 1. The van der Waals surface area contributed by atoms with Crippen LogP contribution >= 0.6 is 0 Å². The summed E-state index contributed by atoms with van der Waals surface area (Å²) in [4.78, 5) is 22.5. The van der Waals surface area contributed by atoms with Crippen molar-refractivity contribution >= 4 is 12.3 Å². The molecule has 15 heavy (non-hydrogen) atoms. The van der Waals surface area contributed by atoms with E-state index in [0.29, 0.717) is 6.42 Å². The molecular weight excluding hydrogens is 192 g/mol. The first-order valence-corrected chi connectivity index (χ1v) is 4.85. The molecule has 1 aromatic carbocycles. The first-order valence-electron chi connectivity index (χ1n) is 4.85. The van der Waals surface area contributed by atoms with E-state index in [1.807, 2.05) is 30.3 Å². The molecule has 1 fully saturated rings. The molecule has 1 aromatic rings. The van der Waals surface area contributed by atoms with Gasteiger partial charge in [-0.2, -0.15) is 0 Å². The fourth-order valence-electron chi connectivity index (χ4n) is 2.05. The SMILES string of the molecule is COC(=O)C1(c2ccccc2)CC1C=O. The van der Waals surface area contributed by atoms with Gasteiger partial charge in [0, 0.05) is 5.92 Å². The van der Waals surface area contributed by atoms with Crippen molar-refractivity contribution in [3.63, 3.8) is 0 Å². The van der Waals surface area contributed by atoms with Crippen LogP contribution in [0, 0.1) is 5.92 Å². The Labute approximate surface area is 88.1 Å². The molecule has 1 aliphatic carbocycles. The number of hydrogen-bond donors (Lipinski definition) is 0. The predicted molar refractivity (Wildman–Crippen MR) is 54.3 cm³/mol. The maximum absolute atomic E-state index is 11.7. The molecule has 0 saturated heterocycles. The lowest BCUT2D eigenvalue weighted by Crippen LogP contribution is -2.24. The third-order valence-electron chi connectivity index (χ3n) is 3.02. The number of rotatable bonds is 3. The van der Waals surface area contributed by atoms with Crippen LogP contribution < -0.4 is 0 Å². The number of methoxy groups -OCH3 is 1. The Morgan fingerprint density at radius 2 is 2.13 bits per heavy atom. The zero-order valence-corrected chi connectivity index (χ0v) is 8.47. The predicted octanol–water partition coefficient (Wildman–Crippen LogP) is 1.32. The molecular formula is C12H12O3. The van der Waals surface area contributed by atoms with Crippen LogP contribution in [0.2, 0.25) is 0 Å². The minimum absolute atomic E-state index is 0.229. The average molecular weight is 204 g/mol. The minimum Gasteiger partial charge on any atom is -0.468 e. The lowest BCUT2D eigenvalue weighted by atomic mass is 9.93. The van der Waals surface area contributed by atoms with E-state index >= 15 is 0 Å². The van der Waals surface area contributed by atoms with Gasteiger partial charge in [-0.3, -0.25) is 4.79 Å².